The fraction of sp³-hybridized carbons (Fsp3) is 0.100. The number of aryl methyl sites for hydroxylation is 1. The molecule has 0 N–H and O–H groups in total. The molecule has 4 heteroatoms. The summed E-state index contributed by atoms with van der Waals surface area (Å²) >= 11 is 9.36. The van der Waals surface area contributed by atoms with E-state index in [0.29, 0.717) is 15.9 Å². The number of rotatable bonds is 0. The highest BCUT2D eigenvalue weighted by molar-refractivity contribution is 9.10. The first-order valence-corrected chi connectivity index (χ1v) is 5.17. The van der Waals surface area contributed by atoms with Crippen molar-refractivity contribution in [3.05, 3.63) is 39.2 Å². The van der Waals surface area contributed by atoms with Gasteiger partial charge in [0.25, 0.3) is 0 Å². The Balaban J connectivity index is 2.92. The molecule has 0 spiro atoms. The van der Waals surface area contributed by atoms with E-state index in [2.05, 4.69) is 20.9 Å². The largest absolute Gasteiger partial charge is 0.252 e. The number of hydrogen-bond donors (Lipinski definition) is 0. The Morgan fingerprint density at radius 3 is 2.86 bits per heavy atom. The highest BCUT2D eigenvalue weighted by atomic mass is 79.9. The molecule has 2 rings (SSSR count). The van der Waals surface area contributed by atoms with E-state index in [0.717, 1.165) is 10.2 Å². The number of benzene rings is 1. The molecular formula is C10H6BrClFN. The van der Waals surface area contributed by atoms with Gasteiger partial charge in [-0.25, -0.2) is 4.39 Å². The van der Waals surface area contributed by atoms with E-state index in [1.807, 2.05) is 6.92 Å². The van der Waals surface area contributed by atoms with E-state index in [4.69, 9.17) is 11.6 Å². The van der Waals surface area contributed by atoms with Crippen LogP contribution in [0.3, 0.4) is 0 Å². The first-order chi connectivity index (χ1) is 6.59. The third kappa shape index (κ3) is 1.51. The molecule has 0 saturated heterocycles. The zero-order chi connectivity index (χ0) is 10.3. The van der Waals surface area contributed by atoms with Gasteiger partial charge in [0.05, 0.1) is 20.7 Å². The molecule has 1 heterocycles. The molecule has 0 unspecified atom stereocenters. The number of halogens is 3. The number of hydrogen-bond acceptors (Lipinski definition) is 1. The summed E-state index contributed by atoms with van der Waals surface area (Å²) in [7, 11) is 0. The molecule has 0 fully saturated rings. The van der Waals surface area contributed by atoms with Crippen LogP contribution in [0, 0.1) is 12.7 Å². The van der Waals surface area contributed by atoms with Gasteiger partial charge in [-0.2, -0.15) is 0 Å². The Kier molecular flexibility index (Phi) is 2.45. The fourth-order valence-corrected chi connectivity index (χ4v) is 1.88. The Bertz CT molecular complexity index is 513. The lowest BCUT2D eigenvalue weighted by molar-refractivity contribution is 0.629. The van der Waals surface area contributed by atoms with E-state index in [1.54, 1.807) is 6.07 Å². The first kappa shape index (κ1) is 9.87. The van der Waals surface area contributed by atoms with E-state index in [1.165, 1.54) is 12.1 Å². The van der Waals surface area contributed by atoms with E-state index in [-0.39, 0.29) is 5.82 Å². The maximum Gasteiger partial charge on any atom is 0.124 e. The second-order valence-corrected chi connectivity index (χ2v) is 4.16. The van der Waals surface area contributed by atoms with Crippen LogP contribution >= 0.6 is 27.5 Å². The van der Waals surface area contributed by atoms with Gasteiger partial charge >= 0.3 is 0 Å². The molecule has 0 atom stereocenters. The maximum absolute atomic E-state index is 12.9. The third-order valence-corrected chi connectivity index (χ3v) is 3.58. The van der Waals surface area contributed by atoms with E-state index >= 15 is 0 Å². The van der Waals surface area contributed by atoms with Gasteiger partial charge in [-0.05, 0) is 41.1 Å². The van der Waals surface area contributed by atoms with Crippen LogP contribution in [0.4, 0.5) is 4.39 Å². The fourth-order valence-electron chi connectivity index (χ4n) is 1.29. The summed E-state index contributed by atoms with van der Waals surface area (Å²) in [6.07, 6.45) is 0. The Hall–Kier alpha value is -0.670. The molecule has 0 aliphatic rings. The average molecular weight is 275 g/mol. The summed E-state index contributed by atoms with van der Waals surface area (Å²) in [5.41, 5.74) is 1.51. The molecule has 0 aliphatic carbocycles. The summed E-state index contributed by atoms with van der Waals surface area (Å²) in [5.74, 6) is -0.308. The lowest BCUT2D eigenvalue weighted by Crippen LogP contribution is -1.88. The molecule has 72 valence electrons. The SMILES string of the molecule is Cc1nc2ccc(F)cc2c(Cl)c1Br. The molecular weight excluding hydrogens is 268 g/mol. The highest BCUT2D eigenvalue weighted by Gasteiger charge is 2.08. The predicted octanol–water partition coefficient (Wildman–Crippen LogP) is 4.10. The Morgan fingerprint density at radius 2 is 2.14 bits per heavy atom. The van der Waals surface area contributed by atoms with Gasteiger partial charge in [0.15, 0.2) is 0 Å². The van der Waals surface area contributed by atoms with Crippen LogP contribution in [0.25, 0.3) is 10.9 Å². The monoisotopic (exact) mass is 273 g/mol. The normalized spacial score (nSPS) is 10.9. The van der Waals surface area contributed by atoms with Crippen molar-refractivity contribution in [2.24, 2.45) is 0 Å². The molecule has 2 aromatic rings. The maximum atomic E-state index is 12.9. The van der Waals surface area contributed by atoms with Crippen molar-refractivity contribution in [3.8, 4) is 0 Å². The molecule has 0 saturated carbocycles. The standard InChI is InChI=1S/C10H6BrClFN/c1-5-9(11)10(12)7-4-6(13)2-3-8(7)14-5/h2-4H,1H3. The summed E-state index contributed by atoms with van der Waals surface area (Å²) in [5, 5.41) is 1.14. The lowest BCUT2D eigenvalue weighted by Gasteiger charge is -2.05. The minimum atomic E-state index is -0.308. The molecule has 0 aliphatic heterocycles. The summed E-state index contributed by atoms with van der Waals surface area (Å²) < 4.78 is 13.7. The summed E-state index contributed by atoms with van der Waals surface area (Å²) in [4.78, 5) is 4.28. The number of fused-ring (bicyclic) bond motifs is 1. The van der Waals surface area contributed by atoms with Gasteiger partial charge in [0.2, 0.25) is 0 Å². The molecule has 1 aromatic heterocycles. The predicted molar refractivity (Wildman–Crippen MR) is 59.1 cm³/mol. The van der Waals surface area contributed by atoms with Crippen molar-refractivity contribution in [2.45, 2.75) is 6.92 Å². The average Bonchev–Trinajstić information content (AvgIpc) is 2.16. The van der Waals surface area contributed by atoms with E-state index in [9.17, 15) is 4.39 Å². The number of nitrogens with zero attached hydrogens (tertiary/aromatic N) is 1. The van der Waals surface area contributed by atoms with Crippen molar-refractivity contribution >= 4 is 38.4 Å². The highest BCUT2D eigenvalue weighted by Crippen LogP contribution is 2.32. The number of pyridine rings is 1. The summed E-state index contributed by atoms with van der Waals surface area (Å²) in [6.45, 7) is 1.85. The molecule has 1 nitrogen and oxygen atoms in total. The van der Waals surface area contributed by atoms with Gasteiger partial charge in [-0.1, -0.05) is 11.6 Å². The Morgan fingerprint density at radius 1 is 1.43 bits per heavy atom. The zero-order valence-corrected chi connectivity index (χ0v) is 9.66. The van der Waals surface area contributed by atoms with Crippen LogP contribution in [-0.2, 0) is 0 Å². The second kappa shape index (κ2) is 3.48. The lowest BCUT2D eigenvalue weighted by atomic mass is 10.2. The van der Waals surface area contributed by atoms with Crippen LogP contribution in [0.2, 0.25) is 5.02 Å². The number of aromatic nitrogens is 1. The van der Waals surface area contributed by atoms with Crippen LogP contribution in [0.1, 0.15) is 5.69 Å². The van der Waals surface area contributed by atoms with Crippen LogP contribution in [0.5, 0.6) is 0 Å². The van der Waals surface area contributed by atoms with Crippen molar-refractivity contribution in [1.29, 1.82) is 0 Å². The third-order valence-electron chi connectivity index (χ3n) is 1.99. The summed E-state index contributed by atoms with van der Waals surface area (Å²) in [6, 6.07) is 4.38. The van der Waals surface area contributed by atoms with Gasteiger partial charge in [0, 0.05) is 5.39 Å². The van der Waals surface area contributed by atoms with Crippen molar-refractivity contribution in [2.75, 3.05) is 0 Å². The quantitative estimate of drug-likeness (QED) is 0.705. The minimum Gasteiger partial charge on any atom is -0.252 e. The second-order valence-electron chi connectivity index (χ2n) is 2.99. The van der Waals surface area contributed by atoms with Gasteiger partial charge in [-0.15, -0.1) is 0 Å². The van der Waals surface area contributed by atoms with Crippen molar-refractivity contribution in [3.63, 3.8) is 0 Å². The topological polar surface area (TPSA) is 12.9 Å². The van der Waals surface area contributed by atoms with Crippen molar-refractivity contribution in [1.82, 2.24) is 4.98 Å². The minimum absolute atomic E-state index is 0.308. The Labute approximate surface area is 94.0 Å². The first-order valence-electron chi connectivity index (χ1n) is 4.00. The molecule has 0 amide bonds. The van der Waals surface area contributed by atoms with Gasteiger partial charge in [0.1, 0.15) is 5.82 Å². The van der Waals surface area contributed by atoms with Crippen LogP contribution < -0.4 is 0 Å². The zero-order valence-electron chi connectivity index (χ0n) is 7.31. The van der Waals surface area contributed by atoms with Gasteiger partial charge < -0.3 is 0 Å². The molecule has 0 radical (unpaired) electrons. The van der Waals surface area contributed by atoms with Crippen LogP contribution in [-0.4, -0.2) is 4.98 Å². The van der Waals surface area contributed by atoms with Crippen LogP contribution in [0.15, 0.2) is 22.7 Å². The van der Waals surface area contributed by atoms with Gasteiger partial charge in [-0.3, -0.25) is 4.98 Å². The van der Waals surface area contributed by atoms with E-state index < -0.39 is 0 Å². The molecule has 1 aromatic carbocycles. The molecule has 14 heavy (non-hydrogen) atoms. The smallest absolute Gasteiger partial charge is 0.124 e. The molecule has 0 bridgehead atoms. The van der Waals surface area contributed by atoms with Crippen molar-refractivity contribution < 1.29 is 4.39 Å².